The standard InChI is InChI=1S/C47H82O9/c1-3-5-7-9-11-13-15-17-18-19-20-21-22-23-25-27-29-31-33-35-37-53-39-41(40-54-47-46(52)45(51)44(50)42(38-48)56-47)55-43(49)36-34-32-30-28-26-24-16-14-12-10-8-6-4-2/h5,7,11,13,17-18,20-21,23,25,41-42,44-48,50-52H,3-4,6,8-10,12,14-16,19,22,24,26-40H2,1-2H3/b7-5-,13-11-,18-17-,21-20-,25-23-. The Bertz CT molecular complexity index is 1040. The third-order valence-corrected chi connectivity index (χ3v) is 9.95. The van der Waals surface area contributed by atoms with Crippen LogP contribution in [0.25, 0.3) is 0 Å². The van der Waals surface area contributed by atoms with Crippen molar-refractivity contribution in [2.24, 2.45) is 0 Å². The summed E-state index contributed by atoms with van der Waals surface area (Å²) in [7, 11) is 0. The number of aliphatic hydroxyl groups excluding tert-OH is 4. The van der Waals surface area contributed by atoms with Crippen LogP contribution in [0, 0.1) is 0 Å². The number of esters is 1. The van der Waals surface area contributed by atoms with Crippen molar-refractivity contribution in [3.63, 3.8) is 0 Å². The highest BCUT2D eigenvalue weighted by Gasteiger charge is 2.44. The minimum Gasteiger partial charge on any atom is -0.457 e. The molecule has 324 valence electrons. The van der Waals surface area contributed by atoms with Gasteiger partial charge in [-0.15, -0.1) is 0 Å². The maximum Gasteiger partial charge on any atom is 0.306 e. The van der Waals surface area contributed by atoms with E-state index in [9.17, 15) is 25.2 Å². The molecule has 9 heteroatoms. The molecular weight excluding hydrogens is 709 g/mol. The first-order valence-electron chi connectivity index (χ1n) is 22.4. The summed E-state index contributed by atoms with van der Waals surface area (Å²) < 4.78 is 22.8. The largest absolute Gasteiger partial charge is 0.457 e. The maximum absolute atomic E-state index is 12.8. The van der Waals surface area contributed by atoms with Crippen LogP contribution in [-0.4, -0.2) is 89.6 Å². The number of hydrogen-bond acceptors (Lipinski definition) is 9. The number of carbonyl (C=O) groups excluding carboxylic acids is 1. The van der Waals surface area contributed by atoms with Gasteiger partial charge in [0, 0.05) is 13.0 Å². The topological polar surface area (TPSA) is 135 Å². The molecule has 6 atom stereocenters. The summed E-state index contributed by atoms with van der Waals surface area (Å²) in [5.41, 5.74) is 0. The molecule has 1 aliphatic rings. The first-order valence-corrected chi connectivity index (χ1v) is 22.4. The molecule has 0 aliphatic carbocycles. The fourth-order valence-electron chi connectivity index (χ4n) is 6.46. The van der Waals surface area contributed by atoms with Crippen molar-refractivity contribution in [3.8, 4) is 0 Å². The van der Waals surface area contributed by atoms with Gasteiger partial charge in [-0.3, -0.25) is 4.79 Å². The molecule has 0 aromatic rings. The molecule has 56 heavy (non-hydrogen) atoms. The fourth-order valence-corrected chi connectivity index (χ4v) is 6.46. The highest BCUT2D eigenvalue weighted by Crippen LogP contribution is 2.22. The first kappa shape index (κ1) is 51.9. The van der Waals surface area contributed by atoms with E-state index >= 15 is 0 Å². The fraction of sp³-hybridized carbons (Fsp3) is 0.766. The first-order chi connectivity index (χ1) is 27.4. The van der Waals surface area contributed by atoms with Crippen LogP contribution in [0.1, 0.15) is 168 Å². The molecular formula is C47H82O9. The van der Waals surface area contributed by atoms with Gasteiger partial charge in [0.1, 0.15) is 30.5 Å². The number of ether oxygens (including phenoxy) is 4. The average Bonchev–Trinajstić information content (AvgIpc) is 3.20. The molecule has 0 saturated carbocycles. The summed E-state index contributed by atoms with van der Waals surface area (Å²) in [4.78, 5) is 12.8. The number of allylic oxidation sites excluding steroid dienone is 10. The molecule has 1 heterocycles. The lowest BCUT2D eigenvalue weighted by Gasteiger charge is -2.39. The third kappa shape index (κ3) is 29.2. The van der Waals surface area contributed by atoms with Crippen LogP contribution in [0.5, 0.6) is 0 Å². The zero-order valence-electron chi connectivity index (χ0n) is 35.4. The van der Waals surface area contributed by atoms with Crippen LogP contribution in [0.2, 0.25) is 0 Å². The molecule has 0 aromatic heterocycles. The van der Waals surface area contributed by atoms with E-state index in [0.29, 0.717) is 13.0 Å². The van der Waals surface area contributed by atoms with Gasteiger partial charge in [-0.05, 0) is 57.8 Å². The van der Waals surface area contributed by atoms with Crippen molar-refractivity contribution in [2.75, 3.05) is 26.4 Å². The Balaban J connectivity index is 2.29. The SMILES string of the molecule is CC/C=C\C/C=C\C/C=C\C/C=C\C/C=C\CCCCCCOCC(COC1OC(CO)C(O)C(O)C1O)OC(=O)CCCCCCCCCCCCCCC. The van der Waals surface area contributed by atoms with E-state index in [2.05, 4.69) is 74.6 Å². The van der Waals surface area contributed by atoms with E-state index in [1.54, 1.807) is 0 Å². The normalized spacial score (nSPS) is 21.1. The Labute approximate surface area is 341 Å². The van der Waals surface area contributed by atoms with E-state index in [1.165, 1.54) is 64.2 Å². The van der Waals surface area contributed by atoms with Crippen molar-refractivity contribution in [2.45, 2.75) is 205 Å². The van der Waals surface area contributed by atoms with Crippen LogP contribution in [0.3, 0.4) is 0 Å². The predicted molar refractivity (Wildman–Crippen MR) is 228 cm³/mol. The van der Waals surface area contributed by atoms with Crippen LogP contribution in [0.4, 0.5) is 0 Å². The molecule has 0 amide bonds. The molecule has 9 nitrogen and oxygen atoms in total. The second kappa shape index (κ2) is 38.4. The minimum atomic E-state index is -1.54. The van der Waals surface area contributed by atoms with Gasteiger partial charge in [-0.1, -0.05) is 164 Å². The van der Waals surface area contributed by atoms with Crippen LogP contribution >= 0.6 is 0 Å². The van der Waals surface area contributed by atoms with Gasteiger partial charge < -0.3 is 39.4 Å². The lowest BCUT2D eigenvalue weighted by Crippen LogP contribution is -2.59. The van der Waals surface area contributed by atoms with Crippen molar-refractivity contribution in [1.29, 1.82) is 0 Å². The smallest absolute Gasteiger partial charge is 0.306 e. The summed E-state index contributed by atoms with van der Waals surface area (Å²) in [6, 6.07) is 0. The molecule has 0 aromatic carbocycles. The Kier molecular flexibility index (Phi) is 35.6. The summed E-state index contributed by atoms with van der Waals surface area (Å²) >= 11 is 0. The van der Waals surface area contributed by atoms with Gasteiger partial charge in [-0.2, -0.15) is 0 Å². The summed E-state index contributed by atoms with van der Waals surface area (Å²) in [5, 5.41) is 40.1. The Morgan fingerprint density at radius 3 is 1.64 bits per heavy atom. The molecule has 4 N–H and O–H groups in total. The molecule has 1 rings (SSSR count). The van der Waals surface area contributed by atoms with Gasteiger partial charge in [0.2, 0.25) is 0 Å². The molecule has 1 saturated heterocycles. The monoisotopic (exact) mass is 791 g/mol. The second-order valence-electron chi connectivity index (χ2n) is 15.1. The lowest BCUT2D eigenvalue weighted by atomic mass is 9.99. The third-order valence-electron chi connectivity index (χ3n) is 9.95. The predicted octanol–water partition coefficient (Wildman–Crippen LogP) is 9.91. The molecule has 1 fully saturated rings. The van der Waals surface area contributed by atoms with Gasteiger partial charge in [0.05, 0.1) is 19.8 Å². The van der Waals surface area contributed by atoms with Crippen LogP contribution < -0.4 is 0 Å². The number of hydrogen-bond donors (Lipinski definition) is 4. The van der Waals surface area contributed by atoms with Crippen LogP contribution in [0.15, 0.2) is 60.8 Å². The Hall–Kier alpha value is -2.11. The highest BCUT2D eigenvalue weighted by molar-refractivity contribution is 5.69. The molecule has 1 aliphatic heterocycles. The second-order valence-corrected chi connectivity index (χ2v) is 15.1. The minimum absolute atomic E-state index is 0.125. The van der Waals surface area contributed by atoms with E-state index in [0.717, 1.165) is 83.5 Å². The van der Waals surface area contributed by atoms with Gasteiger partial charge >= 0.3 is 5.97 Å². The molecule has 0 spiro atoms. The average molecular weight is 791 g/mol. The van der Waals surface area contributed by atoms with E-state index in [1.807, 2.05) is 0 Å². The van der Waals surface area contributed by atoms with Crippen molar-refractivity contribution >= 4 is 5.97 Å². The van der Waals surface area contributed by atoms with Crippen molar-refractivity contribution in [3.05, 3.63) is 60.8 Å². The number of rotatable bonds is 37. The summed E-state index contributed by atoms with van der Waals surface area (Å²) in [6.45, 7) is 4.38. The van der Waals surface area contributed by atoms with Crippen molar-refractivity contribution < 1.29 is 44.2 Å². The molecule has 0 radical (unpaired) electrons. The lowest BCUT2D eigenvalue weighted by molar-refractivity contribution is -0.305. The zero-order chi connectivity index (χ0) is 40.7. The quantitative estimate of drug-likeness (QED) is 0.0276. The molecule has 6 unspecified atom stereocenters. The highest BCUT2D eigenvalue weighted by atomic mass is 16.7. The van der Waals surface area contributed by atoms with Gasteiger partial charge in [0.25, 0.3) is 0 Å². The zero-order valence-corrected chi connectivity index (χ0v) is 35.4. The number of carbonyl (C=O) groups is 1. The Morgan fingerprint density at radius 2 is 1.09 bits per heavy atom. The van der Waals surface area contributed by atoms with E-state index in [-0.39, 0.29) is 19.2 Å². The summed E-state index contributed by atoms with van der Waals surface area (Å²) in [5.74, 6) is -0.325. The maximum atomic E-state index is 12.8. The number of unbranched alkanes of at least 4 members (excludes halogenated alkanes) is 16. The molecule has 0 bridgehead atoms. The van der Waals surface area contributed by atoms with Gasteiger partial charge in [-0.25, -0.2) is 0 Å². The van der Waals surface area contributed by atoms with E-state index in [4.69, 9.17) is 18.9 Å². The summed E-state index contributed by atoms with van der Waals surface area (Å²) in [6.07, 6.45) is 41.0. The number of aliphatic hydroxyl groups is 4. The van der Waals surface area contributed by atoms with Gasteiger partial charge in [0.15, 0.2) is 6.29 Å². The van der Waals surface area contributed by atoms with Crippen molar-refractivity contribution in [1.82, 2.24) is 0 Å². The Morgan fingerprint density at radius 1 is 0.589 bits per heavy atom. The van der Waals surface area contributed by atoms with Crippen LogP contribution in [-0.2, 0) is 23.7 Å². The van der Waals surface area contributed by atoms with E-state index < -0.39 is 43.4 Å².